The number of nitrogens with one attached hydrogen (secondary N) is 1. The Kier molecular flexibility index (Phi) is 4.08. The normalized spacial score (nSPS) is 23.4. The van der Waals surface area contributed by atoms with Crippen molar-refractivity contribution in [2.75, 3.05) is 33.3 Å². The molecule has 2 heterocycles. The largest absolute Gasteiger partial charge is 0.374 e. The van der Waals surface area contributed by atoms with Crippen LogP contribution in [0.3, 0.4) is 0 Å². The molecule has 5 heteroatoms. The van der Waals surface area contributed by atoms with Crippen LogP contribution in [-0.2, 0) is 4.74 Å². The summed E-state index contributed by atoms with van der Waals surface area (Å²) in [4.78, 5) is 14.4. The van der Waals surface area contributed by atoms with E-state index in [1.165, 1.54) is 19.3 Å². The first-order chi connectivity index (χ1) is 9.75. The van der Waals surface area contributed by atoms with Gasteiger partial charge in [0.1, 0.15) is 5.69 Å². The molecule has 1 aromatic rings. The molecule has 1 amide bonds. The summed E-state index contributed by atoms with van der Waals surface area (Å²) in [6, 6.07) is 4.42. The smallest absolute Gasteiger partial charge is 0.270 e. The minimum absolute atomic E-state index is 0.0936. The number of likely N-dealkylation sites (N-methyl/N-ethyl adjacent to an activating group) is 1. The standard InChI is InChI=1S/C15H23N3O2/c1-17(11-13-10-16-7-9-20-13)15(19)14-6-3-8-18(14)12-4-2-5-12/h3,6,8,12-13,16H,2,4-5,7,9-11H2,1H3. The molecule has 5 nitrogen and oxygen atoms in total. The van der Waals surface area contributed by atoms with Crippen LogP contribution in [-0.4, -0.2) is 54.8 Å². The Bertz CT molecular complexity index is 461. The van der Waals surface area contributed by atoms with Crippen LogP contribution in [0.1, 0.15) is 35.8 Å². The first kappa shape index (κ1) is 13.6. The summed E-state index contributed by atoms with van der Waals surface area (Å²) in [5, 5.41) is 3.29. The highest BCUT2D eigenvalue weighted by Crippen LogP contribution is 2.32. The molecular weight excluding hydrogens is 254 g/mol. The fourth-order valence-electron chi connectivity index (χ4n) is 2.88. The van der Waals surface area contributed by atoms with Crippen molar-refractivity contribution in [3.63, 3.8) is 0 Å². The van der Waals surface area contributed by atoms with Gasteiger partial charge < -0.3 is 19.5 Å². The molecule has 1 aliphatic carbocycles. The highest BCUT2D eigenvalue weighted by Gasteiger charge is 2.26. The minimum Gasteiger partial charge on any atom is -0.374 e. The van der Waals surface area contributed by atoms with Crippen LogP contribution in [0.2, 0.25) is 0 Å². The van der Waals surface area contributed by atoms with Gasteiger partial charge in [0, 0.05) is 38.9 Å². The molecule has 20 heavy (non-hydrogen) atoms. The van der Waals surface area contributed by atoms with Gasteiger partial charge in [-0.25, -0.2) is 0 Å². The second-order valence-electron chi connectivity index (χ2n) is 5.77. The van der Waals surface area contributed by atoms with E-state index in [2.05, 4.69) is 9.88 Å². The van der Waals surface area contributed by atoms with Gasteiger partial charge in [0.2, 0.25) is 0 Å². The van der Waals surface area contributed by atoms with Crippen LogP contribution in [0.25, 0.3) is 0 Å². The van der Waals surface area contributed by atoms with Gasteiger partial charge in [-0.1, -0.05) is 0 Å². The number of amides is 1. The van der Waals surface area contributed by atoms with Crippen molar-refractivity contribution in [2.24, 2.45) is 0 Å². The summed E-state index contributed by atoms with van der Waals surface area (Å²) < 4.78 is 7.80. The van der Waals surface area contributed by atoms with Crippen LogP contribution < -0.4 is 5.32 Å². The second kappa shape index (κ2) is 5.97. The molecule has 0 spiro atoms. The first-order valence-corrected chi connectivity index (χ1v) is 7.50. The third kappa shape index (κ3) is 2.74. The molecular formula is C15H23N3O2. The fourth-order valence-corrected chi connectivity index (χ4v) is 2.88. The Labute approximate surface area is 119 Å². The predicted molar refractivity (Wildman–Crippen MR) is 76.9 cm³/mol. The number of aromatic nitrogens is 1. The van der Waals surface area contributed by atoms with Crippen molar-refractivity contribution in [1.82, 2.24) is 14.8 Å². The van der Waals surface area contributed by atoms with Crippen molar-refractivity contribution in [2.45, 2.75) is 31.4 Å². The van der Waals surface area contributed by atoms with Gasteiger partial charge in [0.25, 0.3) is 5.91 Å². The molecule has 1 atom stereocenters. The van der Waals surface area contributed by atoms with Crippen molar-refractivity contribution < 1.29 is 9.53 Å². The van der Waals surface area contributed by atoms with E-state index in [0.717, 1.165) is 25.4 Å². The minimum atomic E-state index is 0.0936. The van der Waals surface area contributed by atoms with Crippen molar-refractivity contribution in [3.05, 3.63) is 24.0 Å². The Balaban J connectivity index is 1.63. The predicted octanol–water partition coefficient (Wildman–Crippen LogP) is 1.27. The van der Waals surface area contributed by atoms with E-state index >= 15 is 0 Å². The van der Waals surface area contributed by atoms with E-state index in [9.17, 15) is 4.79 Å². The molecule has 1 saturated carbocycles. The molecule has 1 N–H and O–H groups in total. The lowest BCUT2D eigenvalue weighted by Crippen LogP contribution is -2.46. The first-order valence-electron chi connectivity index (χ1n) is 7.50. The van der Waals surface area contributed by atoms with Gasteiger partial charge in [-0.15, -0.1) is 0 Å². The maximum atomic E-state index is 12.6. The summed E-state index contributed by atoms with van der Waals surface area (Å²) >= 11 is 0. The van der Waals surface area contributed by atoms with Crippen LogP contribution >= 0.6 is 0 Å². The Morgan fingerprint density at radius 2 is 2.40 bits per heavy atom. The third-order valence-electron chi connectivity index (χ3n) is 4.29. The lowest BCUT2D eigenvalue weighted by Gasteiger charge is -2.31. The maximum absolute atomic E-state index is 12.6. The Hall–Kier alpha value is -1.33. The van der Waals surface area contributed by atoms with Crippen LogP contribution in [0.4, 0.5) is 0 Å². The highest BCUT2D eigenvalue weighted by molar-refractivity contribution is 5.92. The highest BCUT2D eigenvalue weighted by atomic mass is 16.5. The topological polar surface area (TPSA) is 46.5 Å². The van der Waals surface area contributed by atoms with Crippen LogP contribution in [0.15, 0.2) is 18.3 Å². The van der Waals surface area contributed by atoms with E-state index in [1.807, 2.05) is 25.4 Å². The lowest BCUT2D eigenvalue weighted by molar-refractivity contribution is 0.0100. The quantitative estimate of drug-likeness (QED) is 0.901. The molecule has 0 bridgehead atoms. The molecule has 0 aromatic carbocycles. The molecule has 1 unspecified atom stereocenters. The summed E-state index contributed by atoms with van der Waals surface area (Å²) in [6.07, 6.45) is 5.78. The zero-order chi connectivity index (χ0) is 13.9. The zero-order valence-corrected chi connectivity index (χ0v) is 12.0. The summed E-state index contributed by atoms with van der Waals surface area (Å²) in [6.45, 7) is 3.09. The van der Waals surface area contributed by atoms with E-state index in [-0.39, 0.29) is 12.0 Å². The Morgan fingerprint density at radius 3 is 3.05 bits per heavy atom. The summed E-state index contributed by atoms with van der Waals surface area (Å²) in [5.41, 5.74) is 0.806. The molecule has 2 aliphatic rings. The van der Waals surface area contributed by atoms with E-state index in [1.54, 1.807) is 4.90 Å². The zero-order valence-electron chi connectivity index (χ0n) is 12.0. The van der Waals surface area contributed by atoms with Gasteiger partial charge >= 0.3 is 0 Å². The average Bonchev–Trinajstić information content (AvgIpc) is 2.86. The Morgan fingerprint density at radius 1 is 1.55 bits per heavy atom. The number of nitrogens with zero attached hydrogens (tertiary/aromatic N) is 2. The number of hydrogen-bond donors (Lipinski definition) is 1. The second-order valence-corrected chi connectivity index (χ2v) is 5.77. The molecule has 110 valence electrons. The molecule has 1 aromatic heterocycles. The van der Waals surface area contributed by atoms with Crippen LogP contribution in [0, 0.1) is 0 Å². The number of rotatable bonds is 4. The molecule has 0 radical (unpaired) electrons. The SMILES string of the molecule is CN(CC1CNCCO1)C(=O)c1cccn1C1CCC1. The number of carbonyl (C=O) groups is 1. The maximum Gasteiger partial charge on any atom is 0.270 e. The molecule has 3 rings (SSSR count). The third-order valence-corrected chi connectivity index (χ3v) is 4.29. The van der Waals surface area contributed by atoms with E-state index < -0.39 is 0 Å². The number of ether oxygens (including phenoxy) is 1. The van der Waals surface area contributed by atoms with Gasteiger partial charge in [0.15, 0.2) is 0 Å². The van der Waals surface area contributed by atoms with Gasteiger partial charge in [-0.05, 0) is 31.4 Å². The van der Waals surface area contributed by atoms with Crippen molar-refractivity contribution in [1.29, 1.82) is 0 Å². The molecule has 2 fully saturated rings. The average molecular weight is 277 g/mol. The van der Waals surface area contributed by atoms with Gasteiger partial charge in [-0.2, -0.15) is 0 Å². The monoisotopic (exact) mass is 277 g/mol. The molecule has 1 saturated heterocycles. The van der Waals surface area contributed by atoms with E-state index in [4.69, 9.17) is 4.74 Å². The van der Waals surface area contributed by atoms with E-state index in [0.29, 0.717) is 12.6 Å². The lowest BCUT2D eigenvalue weighted by atomic mass is 9.93. The van der Waals surface area contributed by atoms with Crippen molar-refractivity contribution >= 4 is 5.91 Å². The summed E-state index contributed by atoms with van der Waals surface area (Å²) in [7, 11) is 1.86. The summed E-state index contributed by atoms with van der Waals surface area (Å²) in [5.74, 6) is 0.0936. The number of carbonyl (C=O) groups excluding carboxylic acids is 1. The van der Waals surface area contributed by atoms with Gasteiger partial charge in [0.05, 0.1) is 12.7 Å². The fraction of sp³-hybridized carbons (Fsp3) is 0.667. The number of morpholine rings is 1. The van der Waals surface area contributed by atoms with Crippen LogP contribution in [0.5, 0.6) is 0 Å². The van der Waals surface area contributed by atoms with Crippen molar-refractivity contribution in [3.8, 4) is 0 Å². The van der Waals surface area contributed by atoms with Gasteiger partial charge in [-0.3, -0.25) is 4.79 Å². The number of hydrogen-bond acceptors (Lipinski definition) is 3. The molecule has 1 aliphatic heterocycles.